The third-order valence-corrected chi connectivity index (χ3v) is 2.92. The van der Waals surface area contributed by atoms with Crippen LogP contribution in [0.25, 0.3) is 0 Å². The number of carbonyl (C=O) groups excluding carboxylic acids is 1. The molecule has 0 radical (unpaired) electrons. The minimum Gasteiger partial charge on any atom is -0.502 e. The lowest BCUT2D eigenvalue weighted by molar-refractivity contribution is -0.385. The fourth-order valence-corrected chi connectivity index (χ4v) is 1.77. The molecule has 1 aromatic carbocycles. The summed E-state index contributed by atoms with van der Waals surface area (Å²) in [6, 6.07) is 7.22. The number of carbonyl (C=O) groups is 1. The smallest absolute Gasteiger partial charge is 0.310 e. The lowest BCUT2D eigenvalue weighted by Crippen LogP contribution is -2.23. The number of amides is 1. The van der Waals surface area contributed by atoms with E-state index in [4.69, 9.17) is 0 Å². The van der Waals surface area contributed by atoms with Gasteiger partial charge in [0.1, 0.15) is 0 Å². The minimum atomic E-state index is -0.707. The molecule has 7 nitrogen and oxygen atoms in total. The van der Waals surface area contributed by atoms with Gasteiger partial charge < -0.3 is 15.0 Å². The molecule has 104 valence electrons. The van der Waals surface area contributed by atoms with Crippen LogP contribution in [0.4, 0.5) is 5.69 Å². The Balaban J connectivity index is 2.08. The van der Waals surface area contributed by atoms with Crippen LogP contribution in [0.3, 0.4) is 0 Å². The van der Waals surface area contributed by atoms with Crippen molar-refractivity contribution in [2.75, 3.05) is 0 Å². The predicted octanol–water partition coefficient (Wildman–Crippen LogP) is 1.57. The van der Waals surface area contributed by atoms with Gasteiger partial charge in [-0.05, 0) is 24.3 Å². The Morgan fingerprint density at radius 1 is 1.45 bits per heavy atom. The number of benzene rings is 1. The maximum atomic E-state index is 11.9. The summed E-state index contributed by atoms with van der Waals surface area (Å²) >= 11 is 0. The minimum absolute atomic E-state index is 0.169. The first-order chi connectivity index (χ1) is 9.49. The number of nitrogens with one attached hydrogen (secondary N) is 1. The SMILES string of the molecule is Cn1cccc1CNC(=O)c1ccc([N+](=O)[O-])c(O)c1. The van der Waals surface area contributed by atoms with Crippen LogP contribution >= 0.6 is 0 Å². The van der Waals surface area contributed by atoms with Crippen LogP contribution in [0.5, 0.6) is 5.75 Å². The van der Waals surface area contributed by atoms with Crippen molar-refractivity contribution in [1.29, 1.82) is 0 Å². The number of aryl methyl sites for hydroxylation is 1. The summed E-state index contributed by atoms with van der Waals surface area (Å²) in [7, 11) is 1.86. The van der Waals surface area contributed by atoms with E-state index >= 15 is 0 Å². The van der Waals surface area contributed by atoms with Gasteiger partial charge in [0.15, 0.2) is 5.75 Å². The molecule has 2 rings (SSSR count). The van der Waals surface area contributed by atoms with E-state index in [9.17, 15) is 20.0 Å². The van der Waals surface area contributed by atoms with Crippen molar-refractivity contribution in [3.05, 3.63) is 57.9 Å². The van der Waals surface area contributed by atoms with Crippen molar-refractivity contribution >= 4 is 11.6 Å². The zero-order valence-electron chi connectivity index (χ0n) is 10.7. The fourth-order valence-electron chi connectivity index (χ4n) is 1.77. The number of hydrogen-bond acceptors (Lipinski definition) is 4. The molecule has 0 aliphatic rings. The normalized spacial score (nSPS) is 10.2. The number of nitro groups is 1. The second-order valence-corrected chi connectivity index (χ2v) is 4.25. The molecular formula is C13H13N3O4. The van der Waals surface area contributed by atoms with Crippen molar-refractivity contribution in [3.63, 3.8) is 0 Å². The molecular weight excluding hydrogens is 262 g/mol. The van der Waals surface area contributed by atoms with Gasteiger partial charge in [-0.3, -0.25) is 14.9 Å². The van der Waals surface area contributed by atoms with E-state index in [1.54, 1.807) is 0 Å². The molecule has 20 heavy (non-hydrogen) atoms. The van der Waals surface area contributed by atoms with Gasteiger partial charge in [0.2, 0.25) is 0 Å². The highest BCUT2D eigenvalue weighted by Gasteiger charge is 2.16. The van der Waals surface area contributed by atoms with Gasteiger partial charge in [-0.15, -0.1) is 0 Å². The van der Waals surface area contributed by atoms with Crippen molar-refractivity contribution in [2.24, 2.45) is 7.05 Å². The van der Waals surface area contributed by atoms with Crippen LogP contribution in [0.2, 0.25) is 0 Å². The first-order valence-electron chi connectivity index (χ1n) is 5.85. The van der Waals surface area contributed by atoms with Crippen LogP contribution < -0.4 is 5.32 Å². The molecule has 1 aromatic heterocycles. The summed E-state index contributed by atoms with van der Waals surface area (Å²) in [5, 5.41) is 22.7. The number of phenols is 1. The zero-order chi connectivity index (χ0) is 14.7. The van der Waals surface area contributed by atoms with Gasteiger partial charge in [-0.1, -0.05) is 0 Å². The van der Waals surface area contributed by atoms with Crippen LogP contribution in [-0.2, 0) is 13.6 Å². The van der Waals surface area contributed by atoms with Crippen LogP contribution in [0.1, 0.15) is 16.1 Å². The lowest BCUT2D eigenvalue weighted by Gasteiger charge is -2.07. The van der Waals surface area contributed by atoms with Gasteiger partial charge in [0.05, 0.1) is 11.5 Å². The van der Waals surface area contributed by atoms with E-state index in [1.807, 2.05) is 29.9 Å². The third kappa shape index (κ3) is 2.77. The Hall–Kier alpha value is -2.83. The number of nitro benzene ring substituents is 1. The third-order valence-electron chi connectivity index (χ3n) is 2.92. The number of nitrogens with zero attached hydrogens (tertiary/aromatic N) is 2. The number of phenolic OH excluding ortho intramolecular Hbond substituents is 1. The molecule has 2 aromatic rings. The number of hydrogen-bond donors (Lipinski definition) is 2. The van der Waals surface area contributed by atoms with Crippen molar-refractivity contribution in [3.8, 4) is 5.75 Å². The quantitative estimate of drug-likeness (QED) is 0.653. The molecule has 1 heterocycles. The number of aromatic nitrogens is 1. The van der Waals surface area contributed by atoms with Crippen molar-refractivity contribution < 1.29 is 14.8 Å². The maximum Gasteiger partial charge on any atom is 0.310 e. The molecule has 0 fully saturated rings. The van der Waals surface area contributed by atoms with Gasteiger partial charge in [-0.2, -0.15) is 0 Å². The maximum absolute atomic E-state index is 11.9. The molecule has 0 bridgehead atoms. The van der Waals surface area contributed by atoms with Crippen LogP contribution in [0.15, 0.2) is 36.5 Å². The molecule has 0 atom stereocenters. The average molecular weight is 275 g/mol. The molecule has 0 aliphatic carbocycles. The lowest BCUT2D eigenvalue weighted by atomic mass is 10.1. The van der Waals surface area contributed by atoms with E-state index in [0.29, 0.717) is 6.54 Å². The molecule has 0 aliphatic heterocycles. The van der Waals surface area contributed by atoms with E-state index in [2.05, 4.69) is 5.32 Å². The summed E-state index contributed by atoms with van der Waals surface area (Å²) < 4.78 is 1.87. The van der Waals surface area contributed by atoms with E-state index in [1.165, 1.54) is 6.07 Å². The van der Waals surface area contributed by atoms with Crippen LogP contribution in [0, 0.1) is 10.1 Å². The highest BCUT2D eigenvalue weighted by atomic mass is 16.6. The Morgan fingerprint density at radius 2 is 2.20 bits per heavy atom. The standard InChI is InChI=1S/C13H13N3O4/c1-15-6-2-3-10(15)8-14-13(18)9-4-5-11(16(19)20)12(17)7-9/h2-7,17H,8H2,1H3,(H,14,18). The molecule has 0 unspecified atom stereocenters. The summed E-state index contributed by atoms with van der Waals surface area (Å²) in [6.45, 7) is 0.333. The van der Waals surface area contributed by atoms with Crippen LogP contribution in [-0.4, -0.2) is 20.5 Å². The first-order valence-corrected chi connectivity index (χ1v) is 5.85. The van der Waals surface area contributed by atoms with E-state index in [0.717, 1.165) is 17.8 Å². The number of aromatic hydroxyl groups is 1. The number of rotatable bonds is 4. The predicted molar refractivity (Wildman–Crippen MR) is 71.3 cm³/mol. The summed E-state index contributed by atoms with van der Waals surface area (Å²) in [4.78, 5) is 21.7. The molecule has 0 spiro atoms. The Morgan fingerprint density at radius 3 is 2.75 bits per heavy atom. The highest BCUT2D eigenvalue weighted by Crippen LogP contribution is 2.26. The summed E-state index contributed by atoms with van der Waals surface area (Å²) in [6.07, 6.45) is 1.86. The molecule has 1 amide bonds. The molecule has 0 saturated heterocycles. The Labute approximate surface area is 114 Å². The Kier molecular flexibility index (Phi) is 3.69. The second-order valence-electron chi connectivity index (χ2n) is 4.25. The first kappa shape index (κ1) is 13.6. The van der Waals surface area contributed by atoms with Gasteiger partial charge in [-0.25, -0.2) is 0 Å². The average Bonchev–Trinajstić information content (AvgIpc) is 2.81. The molecule has 2 N–H and O–H groups in total. The summed E-state index contributed by atoms with van der Waals surface area (Å²) in [5.74, 6) is -0.932. The second kappa shape index (κ2) is 5.43. The summed E-state index contributed by atoms with van der Waals surface area (Å²) in [5.41, 5.74) is 0.663. The molecule has 0 saturated carbocycles. The van der Waals surface area contributed by atoms with Crippen molar-refractivity contribution in [1.82, 2.24) is 9.88 Å². The monoisotopic (exact) mass is 275 g/mol. The Bertz CT molecular complexity index is 663. The van der Waals surface area contributed by atoms with Gasteiger partial charge >= 0.3 is 5.69 Å². The van der Waals surface area contributed by atoms with Crippen molar-refractivity contribution in [2.45, 2.75) is 6.54 Å². The van der Waals surface area contributed by atoms with E-state index < -0.39 is 22.3 Å². The molecule has 7 heteroatoms. The van der Waals surface area contributed by atoms with E-state index in [-0.39, 0.29) is 5.56 Å². The topological polar surface area (TPSA) is 97.4 Å². The fraction of sp³-hybridized carbons (Fsp3) is 0.154. The highest BCUT2D eigenvalue weighted by molar-refractivity contribution is 5.94. The van der Waals surface area contributed by atoms with Gasteiger partial charge in [0.25, 0.3) is 5.91 Å². The largest absolute Gasteiger partial charge is 0.502 e. The zero-order valence-corrected chi connectivity index (χ0v) is 10.7. The van der Waals surface area contributed by atoms with Gasteiger partial charge in [0, 0.05) is 30.6 Å².